The van der Waals surface area contributed by atoms with Crippen molar-refractivity contribution in [3.8, 4) is 0 Å². The molecule has 0 radical (unpaired) electrons. The summed E-state index contributed by atoms with van der Waals surface area (Å²) in [6, 6.07) is 8.19. The molecule has 2 aliphatic carbocycles. The van der Waals surface area contributed by atoms with Crippen molar-refractivity contribution in [3.05, 3.63) is 76.9 Å². The van der Waals surface area contributed by atoms with Gasteiger partial charge in [-0.2, -0.15) is 0 Å². The molecule has 1 aromatic carbocycles. The fourth-order valence-corrected chi connectivity index (χ4v) is 2.66. The van der Waals surface area contributed by atoms with Gasteiger partial charge in [0.2, 0.25) is 0 Å². The number of hydrogen-bond donors (Lipinski definition) is 0. The summed E-state index contributed by atoms with van der Waals surface area (Å²) in [6.45, 7) is 0. The third kappa shape index (κ3) is 2.37. The van der Waals surface area contributed by atoms with Crippen LogP contribution in [-0.4, -0.2) is 13.1 Å². The lowest BCUT2D eigenvalue weighted by molar-refractivity contribution is -0.135. The molecule has 2 nitrogen and oxygen atoms in total. The van der Waals surface area contributed by atoms with Crippen LogP contribution in [-0.2, 0) is 16.0 Å². The molecule has 2 aliphatic rings. The Hall–Kier alpha value is -2.35. The van der Waals surface area contributed by atoms with Crippen molar-refractivity contribution in [2.75, 3.05) is 7.11 Å². The Bertz CT molecular complexity index is 660. The standard InChI is InChI=1S/C18H16O2/c1-20-18(19)17-11-15-8-4-2-6-13(15)10-14-7-3-5-9-16(14)12-17/h2-9,11-13H,10H2,1H3/b15-11-,17-12+/t13-/m1/s1. The highest BCUT2D eigenvalue weighted by atomic mass is 16.5. The maximum Gasteiger partial charge on any atom is 0.337 e. The number of carbonyl (C=O) groups excluding carboxylic acids is 1. The SMILES string of the molecule is COC(=O)C1=C/c2ccccc2C[C@H]2C=CC=C\C2=C\1. The molecule has 0 saturated heterocycles. The normalized spacial score (nSPS) is 25.1. The second-order valence-corrected chi connectivity index (χ2v) is 4.99. The minimum atomic E-state index is -0.295. The van der Waals surface area contributed by atoms with Gasteiger partial charge in [-0.25, -0.2) is 4.79 Å². The molecule has 0 unspecified atom stereocenters. The van der Waals surface area contributed by atoms with E-state index >= 15 is 0 Å². The van der Waals surface area contributed by atoms with Gasteiger partial charge in [-0.3, -0.25) is 0 Å². The van der Waals surface area contributed by atoms with Crippen molar-refractivity contribution in [1.29, 1.82) is 0 Å². The molecule has 0 amide bonds. The quantitative estimate of drug-likeness (QED) is 0.726. The Labute approximate surface area is 118 Å². The number of fused-ring (bicyclic) bond motifs is 2. The van der Waals surface area contributed by atoms with Gasteiger partial charge in [0, 0.05) is 5.92 Å². The zero-order chi connectivity index (χ0) is 13.9. The van der Waals surface area contributed by atoms with Crippen LogP contribution in [0, 0.1) is 5.92 Å². The Morgan fingerprint density at radius 1 is 1.20 bits per heavy atom. The molecule has 0 aliphatic heterocycles. The lowest BCUT2D eigenvalue weighted by Crippen LogP contribution is -2.12. The van der Waals surface area contributed by atoms with E-state index in [2.05, 4.69) is 24.3 Å². The van der Waals surface area contributed by atoms with Gasteiger partial charge in [0.1, 0.15) is 0 Å². The molecule has 0 N–H and O–H groups in total. The Morgan fingerprint density at radius 3 is 2.90 bits per heavy atom. The van der Waals surface area contributed by atoms with Crippen LogP contribution in [0.15, 0.2) is 65.8 Å². The lowest BCUT2D eigenvalue weighted by atomic mass is 9.84. The molecule has 20 heavy (non-hydrogen) atoms. The predicted octanol–water partition coefficient (Wildman–Crippen LogP) is 3.47. The van der Waals surface area contributed by atoms with Gasteiger partial charge in [0.25, 0.3) is 0 Å². The molecule has 0 spiro atoms. The van der Waals surface area contributed by atoms with E-state index in [0.717, 1.165) is 17.6 Å². The molecule has 0 saturated carbocycles. The van der Waals surface area contributed by atoms with E-state index in [4.69, 9.17) is 4.74 Å². The fraction of sp³-hybridized carbons (Fsp3) is 0.167. The molecule has 1 aromatic rings. The van der Waals surface area contributed by atoms with Crippen LogP contribution in [0.25, 0.3) is 6.08 Å². The number of rotatable bonds is 1. The second-order valence-electron chi connectivity index (χ2n) is 4.99. The third-order valence-electron chi connectivity index (χ3n) is 3.72. The third-order valence-corrected chi connectivity index (χ3v) is 3.72. The summed E-state index contributed by atoms with van der Waals surface area (Å²) in [4.78, 5) is 11.9. The first-order valence-corrected chi connectivity index (χ1v) is 6.72. The Morgan fingerprint density at radius 2 is 2.05 bits per heavy atom. The van der Waals surface area contributed by atoms with Gasteiger partial charge in [0.05, 0.1) is 12.7 Å². The molecule has 0 fully saturated rings. The van der Waals surface area contributed by atoms with E-state index in [-0.39, 0.29) is 5.97 Å². The molecular weight excluding hydrogens is 248 g/mol. The minimum Gasteiger partial charge on any atom is -0.465 e. The van der Waals surface area contributed by atoms with Gasteiger partial charge in [-0.05, 0) is 35.3 Å². The predicted molar refractivity (Wildman–Crippen MR) is 80.0 cm³/mol. The van der Waals surface area contributed by atoms with E-state index in [1.807, 2.05) is 36.4 Å². The van der Waals surface area contributed by atoms with Crippen molar-refractivity contribution in [3.63, 3.8) is 0 Å². The van der Waals surface area contributed by atoms with E-state index in [1.165, 1.54) is 12.7 Å². The largest absolute Gasteiger partial charge is 0.465 e. The highest BCUT2D eigenvalue weighted by Gasteiger charge is 2.19. The summed E-state index contributed by atoms with van der Waals surface area (Å²) in [5.74, 6) is 0.0189. The number of allylic oxidation sites excluding steroid dienone is 5. The molecule has 100 valence electrons. The number of benzene rings is 1. The Kier molecular flexibility index (Phi) is 3.38. The van der Waals surface area contributed by atoms with Crippen LogP contribution in [0.2, 0.25) is 0 Å². The van der Waals surface area contributed by atoms with E-state index in [0.29, 0.717) is 11.5 Å². The van der Waals surface area contributed by atoms with Crippen molar-refractivity contribution in [1.82, 2.24) is 0 Å². The average molecular weight is 264 g/mol. The first kappa shape index (κ1) is 12.7. The highest BCUT2D eigenvalue weighted by Crippen LogP contribution is 2.29. The van der Waals surface area contributed by atoms with Gasteiger partial charge >= 0.3 is 5.97 Å². The lowest BCUT2D eigenvalue weighted by Gasteiger charge is -2.21. The first-order chi connectivity index (χ1) is 9.78. The van der Waals surface area contributed by atoms with E-state index in [9.17, 15) is 4.79 Å². The topological polar surface area (TPSA) is 26.3 Å². The van der Waals surface area contributed by atoms with Crippen LogP contribution in [0.1, 0.15) is 11.1 Å². The van der Waals surface area contributed by atoms with Crippen LogP contribution in [0.4, 0.5) is 0 Å². The number of carbonyl (C=O) groups is 1. The van der Waals surface area contributed by atoms with Crippen LogP contribution >= 0.6 is 0 Å². The number of ether oxygens (including phenoxy) is 1. The van der Waals surface area contributed by atoms with Gasteiger partial charge in [-0.15, -0.1) is 0 Å². The maximum absolute atomic E-state index is 11.9. The smallest absolute Gasteiger partial charge is 0.337 e. The van der Waals surface area contributed by atoms with Crippen molar-refractivity contribution >= 4 is 12.0 Å². The van der Waals surface area contributed by atoms with Crippen LogP contribution in [0.3, 0.4) is 0 Å². The zero-order valence-electron chi connectivity index (χ0n) is 11.4. The maximum atomic E-state index is 11.9. The molecule has 0 heterocycles. The van der Waals surface area contributed by atoms with Crippen molar-refractivity contribution < 1.29 is 9.53 Å². The van der Waals surface area contributed by atoms with Crippen LogP contribution in [0.5, 0.6) is 0 Å². The van der Waals surface area contributed by atoms with Crippen LogP contribution < -0.4 is 0 Å². The summed E-state index contributed by atoms with van der Waals surface area (Å²) in [5, 5.41) is 0. The van der Waals surface area contributed by atoms with Gasteiger partial charge < -0.3 is 4.74 Å². The van der Waals surface area contributed by atoms with E-state index < -0.39 is 0 Å². The van der Waals surface area contributed by atoms with Crippen molar-refractivity contribution in [2.45, 2.75) is 6.42 Å². The molecule has 0 bridgehead atoms. The van der Waals surface area contributed by atoms with Crippen molar-refractivity contribution in [2.24, 2.45) is 5.92 Å². The number of hydrogen-bond acceptors (Lipinski definition) is 2. The minimum absolute atomic E-state index is 0.295. The summed E-state index contributed by atoms with van der Waals surface area (Å²) < 4.78 is 4.89. The monoisotopic (exact) mass is 264 g/mol. The van der Waals surface area contributed by atoms with Gasteiger partial charge in [0.15, 0.2) is 0 Å². The Balaban J connectivity index is 2.15. The van der Waals surface area contributed by atoms with Gasteiger partial charge in [-0.1, -0.05) is 48.6 Å². The summed E-state index contributed by atoms with van der Waals surface area (Å²) >= 11 is 0. The zero-order valence-corrected chi connectivity index (χ0v) is 11.4. The van der Waals surface area contributed by atoms with E-state index in [1.54, 1.807) is 0 Å². The summed E-state index contributed by atoms with van der Waals surface area (Å²) in [7, 11) is 1.42. The summed E-state index contributed by atoms with van der Waals surface area (Å²) in [5.41, 5.74) is 4.09. The summed E-state index contributed by atoms with van der Waals surface area (Å²) in [6.07, 6.45) is 13.1. The molecule has 1 atom stereocenters. The number of esters is 1. The second kappa shape index (κ2) is 5.33. The fourth-order valence-electron chi connectivity index (χ4n) is 2.66. The number of methoxy groups -OCH3 is 1. The first-order valence-electron chi connectivity index (χ1n) is 6.72. The molecule has 2 heteroatoms. The average Bonchev–Trinajstić information content (AvgIpc) is 2.46. The molecule has 3 rings (SSSR count). The highest BCUT2D eigenvalue weighted by molar-refractivity contribution is 5.97. The molecule has 0 aromatic heterocycles. The molecular formula is C18H16O2.